The summed E-state index contributed by atoms with van der Waals surface area (Å²) in [5.41, 5.74) is 7.51. The van der Waals surface area contributed by atoms with Crippen molar-refractivity contribution >= 4 is 80.7 Å². The van der Waals surface area contributed by atoms with Crippen molar-refractivity contribution in [2.45, 2.75) is 155 Å². The fourth-order valence-corrected chi connectivity index (χ4v) is 18.5. The second-order valence-corrected chi connectivity index (χ2v) is 36.2. The lowest BCUT2D eigenvalue weighted by Crippen LogP contribution is -2.60. The molecule has 5 aliphatic heterocycles. The van der Waals surface area contributed by atoms with Gasteiger partial charge in [0.1, 0.15) is 56.5 Å². The molecule has 7 aliphatic rings. The van der Waals surface area contributed by atoms with Gasteiger partial charge in [-0.15, -0.1) is 31.1 Å². The Bertz CT molecular complexity index is 4820. The molecule has 30 heteroatoms. The maximum Gasteiger partial charge on any atom is 0.501 e. The number of aliphatic hydroxyl groups is 4. The number of rotatable bonds is 30. The molecule has 7 heterocycles. The molecule has 3 unspecified atom stereocenters. The lowest BCUT2D eigenvalue weighted by Gasteiger charge is -2.39. The standard InChI is InChI=1S/C85H99N7O20S3/c1-49-11-10-12-60-61(19-13-49)64(60)44-108-83(100)89-46-85(4,5)48-105-47-84(2,3)45-88-79(97)54-16-20-67(109-82-78(96)77(95)76(94)73(41-93)110-82)72(28-54)112-115(101,102)111-59-17-14-50(15-18-59)39-92(6,7)40-51-25-52(42-106-70-33-65-62(31-68(70)103-8)80(98)90-37-55-21-23-113-74(55)29-57(90)35-86-65)27-53(26-51)43-107-71-34-66-63(32-69(71)104-9)81(99)91-38-56-22-24-114-75(56)30-58(91)36-87-66/h11,14-18,20-28,31-36,57-58,60-61,64,73,76-78,82,93-96H,10,12-13,19,29-30,37-48H2,1-9H3,(H-,88,89,97,100)/p+1/b49-11-/t57-,58?,60?,61-,64?,73+,76-,77-,78+,82+/m0/s1. The lowest BCUT2D eigenvalue weighted by atomic mass is 9.93. The van der Waals surface area contributed by atoms with Gasteiger partial charge in [0.15, 0.2) is 34.5 Å². The number of methoxy groups -OCH3 is 2. The monoisotopic (exact) mass is 1630 g/mol. The minimum absolute atomic E-state index is 0.0667. The SMILES string of the molecule is COc1cc2c(cc1OCc1cc(COc3cc4c(cc3OC)C(=O)N3Cc5ccsc5C[C@H]3C=N4)cc(C[N+](C)(C)Cc3ccc(OS(=O)(=O)Oc4cc(C(=O)NCC(C)(C)COCC(C)(C)CNC(=O)OCC5C6CC/C=C(/C)CC[C@@H]65)ccc4O[C@@H]4O[C@H](CO)[C@H](O)[C@H](O)[C@H]4O)cc3)c1)N=CC1Cc3sccc3CN1C2=O. The fourth-order valence-electron chi connectivity index (χ4n) is 15.9. The number of nitrogens with zero attached hydrogens (tertiary/aromatic N) is 5. The lowest BCUT2D eigenvalue weighted by molar-refractivity contribution is -0.916. The van der Waals surface area contributed by atoms with Crippen LogP contribution in [0.2, 0.25) is 0 Å². The molecule has 2 aliphatic carbocycles. The predicted octanol–water partition coefficient (Wildman–Crippen LogP) is 11.1. The number of fused-ring (bicyclic) bond motifs is 7. The maximum absolute atomic E-state index is 14.2. The van der Waals surface area contributed by atoms with Crippen LogP contribution in [0.4, 0.5) is 16.2 Å². The van der Waals surface area contributed by atoms with Crippen molar-refractivity contribution < 1.29 is 98.8 Å². The van der Waals surface area contributed by atoms with Gasteiger partial charge in [0, 0.05) is 101 Å². The molecule has 27 nitrogen and oxygen atoms in total. The van der Waals surface area contributed by atoms with Crippen molar-refractivity contribution in [3.63, 3.8) is 0 Å². The molecule has 4 amide bonds. The third-order valence-corrected chi connectivity index (χ3v) is 25.0. The number of allylic oxidation sites excluding steroid dienone is 2. The van der Waals surface area contributed by atoms with E-state index in [0.717, 1.165) is 65.1 Å². The van der Waals surface area contributed by atoms with Crippen molar-refractivity contribution in [3.8, 4) is 40.2 Å². The second kappa shape index (κ2) is 34.4. The summed E-state index contributed by atoms with van der Waals surface area (Å²) >= 11 is 3.36. The summed E-state index contributed by atoms with van der Waals surface area (Å²) in [5, 5.41) is 51.9. The van der Waals surface area contributed by atoms with Gasteiger partial charge in [-0.3, -0.25) is 24.4 Å². The van der Waals surface area contributed by atoms with Crippen molar-refractivity contribution in [1.82, 2.24) is 20.4 Å². The number of hydrogen-bond donors (Lipinski definition) is 6. The van der Waals surface area contributed by atoms with E-state index in [4.69, 9.17) is 56.2 Å². The highest BCUT2D eigenvalue weighted by atomic mass is 32.3. The van der Waals surface area contributed by atoms with E-state index in [1.54, 1.807) is 59.1 Å². The molecule has 1 saturated carbocycles. The van der Waals surface area contributed by atoms with Crippen molar-refractivity contribution in [1.29, 1.82) is 0 Å². The summed E-state index contributed by atoms with van der Waals surface area (Å²) in [6.45, 7) is 12.4. The average Bonchev–Trinajstić information content (AvgIpc) is 1.79. The summed E-state index contributed by atoms with van der Waals surface area (Å²) < 4.78 is 87.9. The Labute approximate surface area is 677 Å². The van der Waals surface area contributed by atoms with Crippen LogP contribution in [0.25, 0.3) is 0 Å². The summed E-state index contributed by atoms with van der Waals surface area (Å²) in [6.07, 6.45) is 2.66. The maximum atomic E-state index is 14.2. The van der Waals surface area contributed by atoms with Crippen LogP contribution in [0.3, 0.4) is 0 Å². The first-order chi connectivity index (χ1) is 55.0. The largest absolute Gasteiger partial charge is 0.501 e. The van der Waals surface area contributed by atoms with E-state index in [0.29, 0.717) is 120 Å². The van der Waals surface area contributed by atoms with E-state index in [-0.39, 0.29) is 73.9 Å². The summed E-state index contributed by atoms with van der Waals surface area (Å²) in [5.74, 6) is 1.05. The molecule has 14 rings (SSSR count). The van der Waals surface area contributed by atoms with Gasteiger partial charge < -0.3 is 91.6 Å². The molecule has 115 heavy (non-hydrogen) atoms. The van der Waals surface area contributed by atoms with Crippen molar-refractivity contribution in [2.75, 3.05) is 67.8 Å². The van der Waals surface area contributed by atoms with Gasteiger partial charge in [-0.05, 0) is 168 Å². The Balaban J connectivity index is 0.640. The average molecular weight is 1640 g/mol. The summed E-state index contributed by atoms with van der Waals surface area (Å²) in [7, 11) is 2.06. The van der Waals surface area contributed by atoms with Gasteiger partial charge >= 0.3 is 16.5 Å². The summed E-state index contributed by atoms with van der Waals surface area (Å²) in [4.78, 5) is 71.1. The smallest absolute Gasteiger partial charge is 0.493 e. The zero-order valence-electron chi connectivity index (χ0n) is 65.9. The normalized spacial score (nSPS) is 22.8. The number of carbonyl (C=O) groups is 4. The Morgan fingerprint density at radius 1 is 0.652 bits per heavy atom. The molecule has 2 aromatic heterocycles. The van der Waals surface area contributed by atoms with Crippen LogP contribution in [0.15, 0.2) is 129 Å². The van der Waals surface area contributed by atoms with E-state index >= 15 is 0 Å². The highest BCUT2D eigenvalue weighted by Gasteiger charge is 2.50. The fraction of sp³-hybridized carbons (Fsp3) is 0.459. The number of carbonyl (C=O) groups excluding carboxylic acids is 4. The molecule has 0 spiro atoms. The van der Waals surface area contributed by atoms with Gasteiger partial charge in [0.05, 0.1) is 89.3 Å². The molecule has 0 radical (unpaired) electrons. The molecule has 7 aromatic rings. The van der Waals surface area contributed by atoms with Crippen molar-refractivity contribution in [3.05, 3.63) is 179 Å². The number of aliphatic imine (C=N–C) groups is 2. The van der Waals surface area contributed by atoms with Crippen LogP contribution in [0.5, 0.6) is 40.2 Å². The number of alkyl carbamates (subject to hydrolysis) is 1. The molecule has 1 saturated heterocycles. The van der Waals surface area contributed by atoms with Gasteiger partial charge in [-0.25, -0.2) is 4.79 Å². The molecule has 612 valence electrons. The Hall–Kier alpha value is -9.47. The van der Waals surface area contributed by atoms with Crippen LogP contribution < -0.4 is 42.7 Å². The van der Waals surface area contributed by atoms with Gasteiger partial charge in [0.2, 0.25) is 6.29 Å². The van der Waals surface area contributed by atoms with E-state index in [1.165, 1.54) is 53.8 Å². The number of ether oxygens (including phenoxy) is 8. The summed E-state index contributed by atoms with van der Waals surface area (Å²) in [6, 6.07) is 26.6. The Morgan fingerprint density at radius 2 is 1.22 bits per heavy atom. The van der Waals surface area contributed by atoms with E-state index in [1.807, 2.05) is 82.2 Å². The van der Waals surface area contributed by atoms with E-state index in [9.17, 15) is 48.0 Å². The third kappa shape index (κ3) is 19.5. The minimum Gasteiger partial charge on any atom is -0.493 e. The number of quaternary nitrogens is 1. The highest BCUT2D eigenvalue weighted by Crippen LogP contribution is 2.54. The number of benzene rings is 5. The molecular formula is C85H100N7O20S3+. The van der Waals surface area contributed by atoms with Crippen LogP contribution >= 0.6 is 22.7 Å². The molecule has 2 fully saturated rings. The topological polar surface area (TPSA) is 331 Å². The van der Waals surface area contributed by atoms with Crippen LogP contribution in [-0.4, -0.2) is 190 Å². The van der Waals surface area contributed by atoms with Crippen LogP contribution in [0, 0.1) is 28.6 Å². The first-order valence-corrected chi connectivity index (χ1v) is 41.8. The number of hydrogen-bond acceptors (Lipinski definition) is 24. The first kappa shape index (κ1) is 82.1. The third-order valence-electron chi connectivity index (χ3n) is 22.2. The highest BCUT2D eigenvalue weighted by molar-refractivity contribution is 7.82. The van der Waals surface area contributed by atoms with Crippen LogP contribution in [0.1, 0.15) is 135 Å². The van der Waals surface area contributed by atoms with Crippen LogP contribution in [-0.2, 0) is 76.8 Å². The van der Waals surface area contributed by atoms with E-state index < -0.39 is 76.3 Å². The number of amides is 4. The van der Waals surface area contributed by atoms with Gasteiger partial charge in [0.25, 0.3) is 17.7 Å². The number of thiophene rings is 2. The molecule has 6 N–H and O–H groups in total. The molecule has 10 atom stereocenters. The zero-order chi connectivity index (χ0) is 81.3. The van der Waals surface area contributed by atoms with Gasteiger partial charge in [-0.2, -0.15) is 0 Å². The predicted molar refractivity (Wildman–Crippen MR) is 430 cm³/mol. The second-order valence-electron chi connectivity index (χ2n) is 33.0. The van der Waals surface area contributed by atoms with E-state index in [2.05, 4.69) is 46.5 Å². The quantitative estimate of drug-likeness (QED) is 0.0180. The molecule has 0 bridgehead atoms. The number of aliphatic hydroxyl groups excluding tert-OH is 4. The minimum atomic E-state index is -5.08. The molecular weight excluding hydrogens is 1540 g/mol. The molecule has 5 aromatic carbocycles. The number of nitrogens with one attached hydrogen (secondary N) is 2. The Kier molecular flexibility index (Phi) is 24.5. The zero-order valence-corrected chi connectivity index (χ0v) is 68.4. The first-order valence-electron chi connectivity index (χ1n) is 38.7. The van der Waals surface area contributed by atoms with Gasteiger partial charge in [-0.1, -0.05) is 39.3 Å². The van der Waals surface area contributed by atoms with Crippen molar-refractivity contribution in [2.24, 2.45) is 38.6 Å². The Morgan fingerprint density at radius 3 is 1.80 bits per heavy atom.